The van der Waals surface area contributed by atoms with Gasteiger partial charge in [0.2, 0.25) is 0 Å². The number of anilines is 1. The summed E-state index contributed by atoms with van der Waals surface area (Å²) in [5.41, 5.74) is 5.51. The minimum atomic E-state index is 0.519. The molecule has 0 amide bonds. The van der Waals surface area contributed by atoms with E-state index in [1.807, 2.05) is 6.20 Å². The fourth-order valence-electron chi connectivity index (χ4n) is 1.50. The van der Waals surface area contributed by atoms with Gasteiger partial charge >= 0.3 is 0 Å². The maximum absolute atomic E-state index is 5.99. The van der Waals surface area contributed by atoms with E-state index in [0.717, 1.165) is 13.0 Å². The van der Waals surface area contributed by atoms with Crippen molar-refractivity contribution in [3.63, 3.8) is 0 Å². The highest BCUT2D eigenvalue weighted by Gasteiger charge is 2.02. The zero-order valence-corrected chi connectivity index (χ0v) is 11.2. The quantitative estimate of drug-likeness (QED) is 0.858. The Hall–Kier alpha value is -1.39. The lowest BCUT2D eigenvalue weighted by atomic mass is 10.3. The third-order valence-corrected chi connectivity index (χ3v) is 2.87. The van der Waals surface area contributed by atoms with Crippen LogP contribution in [0.1, 0.15) is 6.42 Å². The zero-order chi connectivity index (χ0) is 13.0. The Morgan fingerprint density at radius 3 is 2.78 bits per heavy atom. The second-order valence-electron chi connectivity index (χ2n) is 3.78. The van der Waals surface area contributed by atoms with Gasteiger partial charge in [-0.1, -0.05) is 23.2 Å². The summed E-state index contributed by atoms with van der Waals surface area (Å²) in [4.78, 5) is 0. The van der Waals surface area contributed by atoms with E-state index in [-0.39, 0.29) is 0 Å². The van der Waals surface area contributed by atoms with Gasteiger partial charge in [0, 0.05) is 24.2 Å². The van der Waals surface area contributed by atoms with E-state index in [1.165, 1.54) is 0 Å². The normalized spacial score (nSPS) is 10.6. The molecule has 0 saturated carbocycles. The fourth-order valence-corrected chi connectivity index (χ4v) is 1.97. The van der Waals surface area contributed by atoms with Crippen LogP contribution in [0.3, 0.4) is 0 Å². The highest BCUT2D eigenvalue weighted by atomic mass is 35.5. The van der Waals surface area contributed by atoms with E-state index >= 15 is 0 Å². The first kappa shape index (κ1) is 13.1. The van der Waals surface area contributed by atoms with Crippen LogP contribution >= 0.6 is 23.2 Å². The Kier molecular flexibility index (Phi) is 4.33. The highest BCUT2D eigenvalue weighted by Crippen LogP contribution is 2.27. The number of hydrogen-bond acceptors (Lipinski definition) is 3. The largest absolute Gasteiger partial charge is 0.492 e. The van der Waals surface area contributed by atoms with Gasteiger partial charge in [0.25, 0.3) is 0 Å². The number of ether oxygens (including phenoxy) is 1. The van der Waals surface area contributed by atoms with Crippen LogP contribution in [0.2, 0.25) is 10.0 Å². The van der Waals surface area contributed by atoms with Gasteiger partial charge in [-0.15, -0.1) is 0 Å². The average molecular weight is 286 g/mol. The van der Waals surface area contributed by atoms with Gasteiger partial charge in [-0.25, -0.2) is 0 Å². The number of rotatable bonds is 5. The van der Waals surface area contributed by atoms with Crippen LogP contribution in [0.25, 0.3) is 0 Å². The lowest BCUT2D eigenvalue weighted by Gasteiger charge is -2.08. The number of aryl methyl sites for hydroxylation is 1. The summed E-state index contributed by atoms with van der Waals surface area (Å²) in [7, 11) is 0. The van der Waals surface area contributed by atoms with Gasteiger partial charge in [-0.2, -0.15) is 5.10 Å². The van der Waals surface area contributed by atoms with Crippen molar-refractivity contribution >= 4 is 29.0 Å². The van der Waals surface area contributed by atoms with Crippen LogP contribution in [0.4, 0.5) is 5.82 Å². The standard InChI is InChI=1S/C12H13Cl2N3O/c13-9-2-3-11(10(14)8-9)18-7-1-5-17-6-4-12(15)16-17/h2-4,6,8H,1,5,7H2,(H2,15,16). The first-order chi connectivity index (χ1) is 8.65. The van der Waals surface area contributed by atoms with Gasteiger partial charge < -0.3 is 10.5 Å². The second-order valence-corrected chi connectivity index (χ2v) is 4.62. The van der Waals surface area contributed by atoms with Crippen molar-refractivity contribution < 1.29 is 4.74 Å². The number of hydrogen-bond donors (Lipinski definition) is 1. The van der Waals surface area contributed by atoms with Gasteiger partial charge in [-0.3, -0.25) is 4.68 Å². The molecule has 0 unspecified atom stereocenters. The lowest BCUT2D eigenvalue weighted by molar-refractivity contribution is 0.299. The summed E-state index contributed by atoms with van der Waals surface area (Å²) in [5.74, 6) is 1.16. The minimum absolute atomic E-state index is 0.519. The Morgan fingerprint density at radius 1 is 1.28 bits per heavy atom. The first-order valence-corrected chi connectivity index (χ1v) is 6.27. The van der Waals surface area contributed by atoms with Crippen molar-refractivity contribution in [2.75, 3.05) is 12.3 Å². The number of benzene rings is 1. The van der Waals surface area contributed by atoms with Crippen LogP contribution < -0.4 is 10.5 Å². The molecule has 1 aromatic heterocycles. The van der Waals surface area contributed by atoms with Crippen molar-refractivity contribution in [2.45, 2.75) is 13.0 Å². The Bertz CT molecular complexity index is 528. The summed E-state index contributed by atoms with van der Waals surface area (Å²) < 4.78 is 7.34. The maximum Gasteiger partial charge on any atom is 0.145 e. The number of aromatic nitrogens is 2. The minimum Gasteiger partial charge on any atom is -0.492 e. The molecule has 1 heterocycles. The second kappa shape index (κ2) is 5.98. The molecule has 96 valence electrons. The van der Waals surface area contributed by atoms with E-state index in [1.54, 1.807) is 28.9 Å². The topological polar surface area (TPSA) is 53.1 Å². The molecule has 2 N–H and O–H groups in total. The van der Waals surface area contributed by atoms with E-state index in [4.69, 9.17) is 33.7 Å². The van der Waals surface area contributed by atoms with E-state index in [9.17, 15) is 0 Å². The molecule has 2 aromatic rings. The van der Waals surface area contributed by atoms with Crippen molar-refractivity contribution in [1.29, 1.82) is 0 Å². The molecular formula is C12H13Cl2N3O. The molecule has 0 aliphatic heterocycles. The molecule has 1 aromatic carbocycles. The fraction of sp³-hybridized carbons (Fsp3) is 0.250. The smallest absolute Gasteiger partial charge is 0.145 e. The molecule has 0 spiro atoms. The highest BCUT2D eigenvalue weighted by molar-refractivity contribution is 6.35. The van der Waals surface area contributed by atoms with Crippen LogP contribution in [-0.4, -0.2) is 16.4 Å². The lowest BCUT2D eigenvalue weighted by Crippen LogP contribution is -2.05. The molecule has 0 atom stereocenters. The van der Waals surface area contributed by atoms with E-state index in [2.05, 4.69) is 5.10 Å². The molecule has 0 bridgehead atoms. The Balaban J connectivity index is 1.78. The summed E-state index contributed by atoms with van der Waals surface area (Å²) in [5, 5.41) is 5.20. The van der Waals surface area contributed by atoms with E-state index in [0.29, 0.717) is 28.2 Å². The molecular weight excluding hydrogens is 273 g/mol. The maximum atomic E-state index is 5.99. The summed E-state index contributed by atoms with van der Waals surface area (Å²) >= 11 is 11.8. The van der Waals surface area contributed by atoms with Crippen LogP contribution in [-0.2, 0) is 6.54 Å². The molecule has 2 rings (SSSR count). The monoisotopic (exact) mass is 285 g/mol. The van der Waals surface area contributed by atoms with Crippen molar-refractivity contribution in [2.24, 2.45) is 0 Å². The SMILES string of the molecule is Nc1ccn(CCCOc2ccc(Cl)cc2Cl)n1. The molecule has 18 heavy (non-hydrogen) atoms. The molecule has 0 fully saturated rings. The summed E-state index contributed by atoms with van der Waals surface area (Å²) in [6, 6.07) is 6.93. The van der Waals surface area contributed by atoms with Crippen LogP contribution in [0.15, 0.2) is 30.5 Å². The average Bonchev–Trinajstić information content (AvgIpc) is 2.73. The molecule has 0 saturated heterocycles. The Morgan fingerprint density at radius 2 is 2.11 bits per heavy atom. The van der Waals surface area contributed by atoms with Gasteiger partial charge in [0.1, 0.15) is 11.6 Å². The predicted molar refractivity (Wildman–Crippen MR) is 73.2 cm³/mol. The molecule has 0 aliphatic carbocycles. The summed E-state index contributed by atoms with van der Waals surface area (Å²) in [6.07, 6.45) is 2.66. The Labute approximate surface area is 115 Å². The van der Waals surface area contributed by atoms with E-state index < -0.39 is 0 Å². The van der Waals surface area contributed by atoms with Gasteiger partial charge in [0.05, 0.1) is 11.6 Å². The molecule has 4 nitrogen and oxygen atoms in total. The number of nitrogens with zero attached hydrogens (tertiary/aromatic N) is 2. The van der Waals surface area contributed by atoms with Crippen molar-refractivity contribution in [3.8, 4) is 5.75 Å². The first-order valence-electron chi connectivity index (χ1n) is 5.52. The van der Waals surface area contributed by atoms with Crippen LogP contribution in [0.5, 0.6) is 5.75 Å². The van der Waals surface area contributed by atoms with Crippen molar-refractivity contribution in [3.05, 3.63) is 40.5 Å². The van der Waals surface area contributed by atoms with Gasteiger partial charge in [0.15, 0.2) is 0 Å². The van der Waals surface area contributed by atoms with Gasteiger partial charge in [-0.05, 0) is 24.3 Å². The van der Waals surface area contributed by atoms with Crippen molar-refractivity contribution in [1.82, 2.24) is 9.78 Å². The molecule has 6 heteroatoms. The third kappa shape index (κ3) is 3.55. The van der Waals surface area contributed by atoms with Crippen LogP contribution in [0, 0.1) is 0 Å². The third-order valence-electron chi connectivity index (χ3n) is 2.34. The number of nitrogens with two attached hydrogens (primary N) is 1. The number of halogens is 2. The number of nitrogen functional groups attached to an aromatic ring is 1. The zero-order valence-electron chi connectivity index (χ0n) is 9.64. The molecule has 0 aliphatic rings. The molecule has 0 radical (unpaired) electrons. The predicted octanol–water partition coefficient (Wildman–Crippen LogP) is 3.24. The summed E-state index contributed by atoms with van der Waals surface area (Å²) in [6.45, 7) is 1.31.